The molecule has 0 spiro atoms. The van der Waals surface area contributed by atoms with Crippen molar-refractivity contribution in [1.82, 2.24) is 14.4 Å². The van der Waals surface area contributed by atoms with Gasteiger partial charge in [-0.2, -0.15) is 0 Å². The fourth-order valence-corrected chi connectivity index (χ4v) is 4.36. The summed E-state index contributed by atoms with van der Waals surface area (Å²) in [5, 5.41) is 2.78. The van der Waals surface area contributed by atoms with Gasteiger partial charge in [0.2, 0.25) is 0 Å². The molecule has 0 unspecified atom stereocenters. The van der Waals surface area contributed by atoms with Gasteiger partial charge in [-0.05, 0) is 41.1 Å². The SMILES string of the molecule is CN1C(=O)C(=Cc2cn(C(=O)c3cccc4ccccc34)c3ccc(Cl)cc23)C(=O)N(C)C1=O. The molecule has 168 valence electrons. The number of carbonyl (C=O) groups is 4. The van der Waals surface area contributed by atoms with E-state index < -0.39 is 17.8 Å². The summed E-state index contributed by atoms with van der Waals surface area (Å²) in [5.74, 6) is -1.69. The van der Waals surface area contributed by atoms with Crippen LogP contribution in [-0.4, -0.2) is 52.2 Å². The van der Waals surface area contributed by atoms with Crippen molar-refractivity contribution in [3.05, 3.63) is 88.6 Å². The van der Waals surface area contributed by atoms with Gasteiger partial charge in [0.15, 0.2) is 0 Å². The summed E-state index contributed by atoms with van der Waals surface area (Å²) in [5.41, 5.74) is 1.36. The quantitative estimate of drug-likeness (QED) is 0.317. The Kier molecular flexibility index (Phi) is 5.06. The van der Waals surface area contributed by atoms with E-state index in [2.05, 4.69) is 0 Å². The molecule has 0 aliphatic carbocycles. The van der Waals surface area contributed by atoms with E-state index >= 15 is 0 Å². The second-order valence-corrected chi connectivity index (χ2v) is 8.45. The monoisotopic (exact) mass is 471 g/mol. The van der Waals surface area contributed by atoms with Crippen LogP contribution < -0.4 is 0 Å². The fourth-order valence-electron chi connectivity index (χ4n) is 4.18. The van der Waals surface area contributed by atoms with Gasteiger partial charge in [-0.1, -0.05) is 48.0 Å². The summed E-state index contributed by atoms with van der Waals surface area (Å²) in [4.78, 5) is 52.9. The average Bonchev–Trinajstić information content (AvgIpc) is 3.20. The maximum Gasteiger partial charge on any atom is 0.333 e. The van der Waals surface area contributed by atoms with Gasteiger partial charge in [0.05, 0.1) is 5.52 Å². The van der Waals surface area contributed by atoms with Gasteiger partial charge < -0.3 is 0 Å². The number of rotatable bonds is 2. The molecule has 1 aliphatic rings. The van der Waals surface area contributed by atoms with Crippen LogP contribution in [0.15, 0.2) is 72.4 Å². The van der Waals surface area contributed by atoms with E-state index in [4.69, 9.17) is 11.6 Å². The molecule has 1 aromatic heterocycles. The predicted octanol–water partition coefficient (Wildman–Crippen LogP) is 4.57. The molecule has 4 aromatic rings. The molecule has 1 aliphatic heterocycles. The molecule has 2 heterocycles. The third-order valence-electron chi connectivity index (χ3n) is 5.98. The normalized spacial score (nSPS) is 14.4. The molecule has 4 amide bonds. The van der Waals surface area contributed by atoms with Crippen LogP contribution in [0.25, 0.3) is 27.8 Å². The fraction of sp³-hybridized carbons (Fsp3) is 0.0769. The van der Waals surface area contributed by atoms with Crippen LogP contribution in [0.1, 0.15) is 15.9 Å². The summed E-state index contributed by atoms with van der Waals surface area (Å²) >= 11 is 6.23. The molecule has 0 radical (unpaired) electrons. The van der Waals surface area contributed by atoms with E-state index in [1.165, 1.54) is 24.7 Å². The van der Waals surface area contributed by atoms with Crippen LogP contribution in [0.4, 0.5) is 4.79 Å². The summed E-state index contributed by atoms with van der Waals surface area (Å²) in [6.45, 7) is 0. The van der Waals surface area contributed by atoms with Crippen molar-refractivity contribution in [3.63, 3.8) is 0 Å². The lowest BCUT2D eigenvalue weighted by molar-refractivity contribution is -0.134. The second-order valence-electron chi connectivity index (χ2n) is 8.02. The lowest BCUT2D eigenvalue weighted by atomic mass is 10.0. The first-order valence-corrected chi connectivity index (χ1v) is 10.8. The van der Waals surface area contributed by atoms with Crippen molar-refractivity contribution in [2.24, 2.45) is 0 Å². The number of aromatic nitrogens is 1. The minimum atomic E-state index is -0.712. The zero-order chi connectivity index (χ0) is 24.1. The number of fused-ring (bicyclic) bond motifs is 2. The van der Waals surface area contributed by atoms with Crippen molar-refractivity contribution in [1.29, 1.82) is 0 Å². The number of likely N-dealkylation sites (N-methyl/N-ethyl adjacent to an activating group) is 2. The highest BCUT2D eigenvalue weighted by Crippen LogP contribution is 2.30. The number of halogens is 1. The predicted molar refractivity (Wildman–Crippen MR) is 130 cm³/mol. The molecule has 0 N–H and O–H groups in total. The summed E-state index contributed by atoms with van der Waals surface area (Å²) < 4.78 is 1.48. The number of urea groups is 1. The van der Waals surface area contributed by atoms with E-state index in [-0.39, 0.29) is 11.5 Å². The van der Waals surface area contributed by atoms with Crippen LogP contribution >= 0.6 is 11.6 Å². The van der Waals surface area contributed by atoms with Crippen molar-refractivity contribution in [3.8, 4) is 0 Å². The molecule has 3 aromatic carbocycles. The van der Waals surface area contributed by atoms with Crippen molar-refractivity contribution >= 4 is 63.1 Å². The highest BCUT2D eigenvalue weighted by Gasteiger charge is 2.38. The van der Waals surface area contributed by atoms with Crippen molar-refractivity contribution in [2.75, 3.05) is 14.1 Å². The van der Waals surface area contributed by atoms with Gasteiger partial charge in [-0.15, -0.1) is 0 Å². The number of hydrogen-bond donors (Lipinski definition) is 0. The number of barbiturate groups is 1. The lowest BCUT2D eigenvalue weighted by Gasteiger charge is -2.28. The van der Waals surface area contributed by atoms with E-state index in [1.807, 2.05) is 36.4 Å². The summed E-state index contributed by atoms with van der Waals surface area (Å²) in [7, 11) is 2.62. The number of benzene rings is 3. The standard InChI is InChI=1S/C26H18ClN3O4/c1-28-23(31)21(24(32)29(2)26(28)34)12-16-14-30(22-11-10-17(27)13-20(16)22)25(33)19-9-5-7-15-6-3-4-8-18(15)19/h3-14H,1-2H3. The Labute approximate surface area is 199 Å². The average molecular weight is 472 g/mol. The second kappa shape index (κ2) is 7.97. The zero-order valence-electron chi connectivity index (χ0n) is 18.3. The Morgan fingerprint density at radius 3 is 2.26 bits per heavy atom. The molecule has 7 nitrogen and oxygen atoms in total. The van der Waals surface area contributed by atoms with E-state index in [0.29, 0.717) is 27.1 Å². The van der Waals surface area contributed by atoms with Crippen LogP contribution in [-0.2, 0) is 9.59 Å². The Hall–Kier alpha value is -4.23. The molecular formula is C26H18ClN3O4. The number of amides is 4. The first kappa shape index (κ1) is 21.6. The molecule has 5 rings (SSSR count). The molecule has 8 heteroatoms. The molecule has 1 saturated heterocycles. The summed E-state index contributed by atoms with van der Waals surface area (Å²) in [6, 6.07) is 17.5. The number of imide groups is 2. The van der Waals surface area contributed by atoms with Crippen molar-refractivity contribution in [2.45, 2.75) is 0 Å². The van der Waals surface area contributed by atoms with E-state index in [1.54, 1.807) is 30.5 Å². The number of nitrogens with zero attached hydrogens (tertiary/aromatic N) is 3. The van der Waals surface area contributed by atoms with Crippen LogP contribution in [0.5, 0.6) is 0 Å². The third-order valence-corrected chi connectivity index (χ3v) is 6.22. The third kappa shape index (κ3) is 3.29. The maximum atomic E-state index is 13.7. The molecule has 0 atom stereocenters. The highest BCUT2D eigenvalue weighted by atomic mass is 35.5. The van der Waals surface area contributed by atoms with Gasteiger partial charge in [0, 0.05) is 41.8 Å². The van der Waals surface area contributed by atoms with E-state index in [0.717, 1.165) is 20.6 Å². The first-order valence-electron chi connectivity index (χ1n) is 10.4. The maximum absolute atomic E-state index is 13.7. The summed E-state index contributed by atoms with van der Waals surface area (Å²) in [6.07, 6.45) is 2.98. The molecule has 0 saturated carbocycles. The minimum absolute atomic E-state index is 0.179. The van der Waals surface area contributed by atoms with Gasteiger partial charge in [0.1, 0.15) is 5.57 Å². The smallest absolute Gasteiger partial charge is 0.283 e. The Balaban J connectivity index is 1.70. The Morgan fingerprint density at radius 2 is 1.53 bits per heavy atom. The van der Waals surface area contributed by atoms with Gasteiger partial charge in [-0.3, -0.25) is 28.8 Å². The van der Waals surface area contributed by atoms with Crippen LogP contribution in [0, 0.1) is 0 Å². The minimum Gasteiger partial charge on any atom is -0.283 e. The van der Waals surface area contributed by atoms with Gasteiger partial charge >= 0.3 is 6.03 Å². The van der Waals surface area contributed by atoms with Gasteiger partial charge in [0.25, 0.3) is 17.7 Å². The molecule has 1 fully saturated rings. The molecular weight excluding hydrogens is 454 g/mol. The number of carbonyl (C=O) groups excluding carboxylic acids is 4. The zero-order valence-corrected chi connectivity index (χ0v) is 19.0. The largest absolute Gasteiger partial charge is 0.333 e. The Bertz CT molecular complexity index is 1550. The van der Waals surface area contributed by atoms with Crippen LogP contribution in [0.2, 0.25) is 5.02 Å². The van der Waals surface area contributed by atoms with Crippen LogP contribution in [0.3, 0.4) is 0 Å². The molecule has 0 bridgehead atoms. The highest BCUT2D eigenvalue weighted by molar-refractivity contribution is 6.32. The van der Waals surface area contributed by atoms with Crippen molar-refractivity contribution < 1.29 is 19.2 Å². The number of hydrogen-bond acceptors (Lipinski definition) is 4. The van der Waals surface area contributed by atoms with E-state index in [9.17, 15) is 19.2 Å². The Morgan fingerprint density at radius 1 is 0.853 bits per heavy atom. The van der Waals surface area contributed by atoms with Gasteiger partial charge in [-0.25, -0.2) is 4.79 Å². The topological polar surface area (TPSA) is 79.7 Å². The molecule has 34 heavy (non-hydrogen) atoms. The first-order chi connectivity index (χ1) is 16.3. The lowest BCUT2D eigenvalue weighted by Crippen LogP contribution is -2.52.